The first-order chi connectivity index (χ1) is 12.2. The van der Waals surface area contributed by atoms with Gasteiger partial charge in [-0.15, -0.1) is 0 Å². The molecule has 1 fully saturated rings. The zero-order valence-electron chi connectivity index (χ0n) is 14.2. The molecule has 3 rings (SSSR count). The van der Waals surface area contributed by atoms with E-state index in [0.29, 0.717) is 23.1 Å². The van der Waals surface area contributed by atoms with E-state index in [2.05, 4.69) is 10.3 Å². The molecule has 0 saturated carbocycles. The van der Waals surface area contributed by atoms with Gasteiger partial charge in [0.2, 0.25) is 5.91 Å². The van der Waals surface area contributed by atoms with Crippen LogP contribution in [0.3, 0.4) is 0 Å². The number of nitrogens with one attached hydrogen (secondary N) is 1. The van der Waals surface area contributed by atoms with Crippen LogP contribution in [-0.4, -0.2) is 42.3 Å². The Labute approximate surface area is 151 Å². The van der Waals surface area contributed by atoms with E-state index in [4.69, 9.17) is 5.73 Å². The molecule has 3 N–H and O–H groups in total. The molecule has 136 valence electrons. The predicted octanol–water partition coefficient (Wildman–Crippen LogP) is 1.15. The van der Waals surface area contributed by atoms with Crippen LogP contribution >= 0.6 is 0 Å². The minimum absolute atomic E-state index is 0.0595. The molecule has 1 saturated heterocycles. The minimum atomic E-state index is -3.11. The van der Waals surface area contributed by atoms with Crippen LogP contribution in [0.4, 0.5) is 0 Å². The highest BCUT2D eigenvalue weighted by Gasteiger charge is 2.39. The molecule has 8 heteroatoms. The monoisotopic (exact) mass is 373 g/mol. The van der Waals surface area contributed by atoms with E-state index in [9.17, 15) is 18.0 Å². The molecule has 0 bridgehead atoms. The van der Waals surface area contributed by atoms with Crippen LogP contribution in [0.25, 0.3) is 11.1 Å². The maximum atomic E-state index is 12.6. The largest absolute Gasteiger partial charge is 0.366 e. The first-order valence-corrected chi connectivity index (χ1v) is 9.88. The van der Waals surface area contributed by atoms with Gasteiger partial charge in [-0.3, -0.25) is 14.6 Å². The van der Waals surface area contributed by atoms with E-state index in [1.165, 1.54) is 6.20 Å². The lowest BCUT2D eigenvalue weighted by atomic mass is 9.99. The van der Waals surface area contributed by atoms with Gasteiger partial charge < -0.3 is 11.1 Å². The van der Waals surface area contributed by atoms with Crippen LogP contribution in [0, 0.1) is 0 Å². The molecule has 0 aliphatic carbocycles. The average molecular weight is 373 g/mol. The van der Waals surface area contributed by atoms with Gasteiger partial charge in [0.15, 0.2) is 9.84 Å². The third kappa shape index (κ3) is 3.91. The molecule has 2 amide bonds. The number of sulfone groups is 1. The number of primary amides is 1. The second-order valence-electron chi connectivity index (χ2n) is 6.76. The van der Waals surface area contributed by atoms with Crippen molar-refractivity contribution >= 4 is 21.7 Å². The number of aromatic nitrogens is 1. The van der Waals surface area contributed by atoms with Crippen molar-refractivity contribution in [3.63, 3.8) is 0 Å². The first kappa shape index (κ1) is 18.1. The van der Waals surface area contributed by atoms with Crippen LogP contribution in [0.15, 0.2) is 42.7 Å². The summed E-state index contributed by atoms with van der Waals surface area (Å²) in [5, 5.41) is 2.83. The molecule has 0 radical (unpaired) electrons. The summed E-state index contributed by atoms with van der Waals surface area (Å²) in [7, 11) is -3.11. The summed E-state index contributed by atoms with van der Waals surface area (Å²) >= 11 is 0. The Bertz CT molecular complexity index is 987. The number of benzene rings is 1. The second-order valence-corrected chi connectivity index (χ2v) is 8.95. The van der Waals surface area contributed by atoms with Crippen LogP contribution in [-0.2, 0) is 9.84 Å². The van der Waals surface area contributed by atoms with E-state index < -0.39 is 21.3 Å². The number of nitrogens with two attached hydrogens (primary N) is 1. The molecule has 1 atom stereocenters. The lowest BCUT2D eigenvalue weighted by Crippen LogP contribution is -2.46. The standard InChI is InChI=1S/C18H19N3O4S/c1-18(5-6-26(24,25)11-18)21-17(23)13-4-2-3-12(7-13)14-8-15(16(19)22)10-20-9-14/h2-4,7-10H,5-6,11H2,1H3,(H2,19,22)(H,21,23)/t18-/m0/s1. The summed E-state index contributed by atoms with van der Waals surface area (Å²) in [5.74, 6) is -0.903. The smallest absolute Gasteiger partial charge is 0.251 e. The molecule has 2 heterocycles. The number of pyridine rings is 1. The molecule has 1 aliphatic rings. The third-order valence-corrected chi connectivity index (χ3v) is 6.30. The number of rotatable bonds is 4. The summed E-state index contributed by atoms with van der Waals surface area (Å²) in [6.07, 6.45) is 3.35. The second kappa shape index (κ2) is 6.53. The van der Waals surface area contributed by atoms with E-state index >= 15 is 0 Å². The van der Waals surface area contributed by atoms with E-state index in [0.717, 1.165) is 0 Å². The highest BCUT2D eigenvalue weighted by Crippen LogP contribution is 2.24. The summed E-state index contributed by atoms with van der Waals surface area (Å²) in [5.41, 5.74) is 6.55. The number of carbonyl (C=O) groups is 2. The number of hydrogen-bond acceptors (Lipinski definition) is 5. The Balaban J connectivity index is 1.84. The van der Waals surface area contributed by atoms with Gasteiger partial charge in [0.25, 0.3) is 5.91 Å². The molecular formula is C18H19N3O4S. The topological polar surface area (TPSA) is 119 Å². The van der Waals surface area contributed by atoms with Gasteiger partial charge in [-0.05, 0) is 37.1 Å². The van der Waals surface area contributed by atoms with Crippen molar-refractivity contribution < 1.29 is 18.0 Å². The molecular weight excluding hydrogens is 354 g/mol. The van der Waals surface area contributed by atoms with Gasteiger partial charge >= 0.3 is 0 Å². The van der Waals surface area contributed by atoms with Crippen molar-refractivity contribution in [3.8, 4) is 11.1 Å². The molecule has 0 unspecified atom stereocenters. The number of nitrogens with zero attached hydrogens (tertiary/aromatic N) is 1. The molecule has 1 aliphatic heterocycles. The molecule has 26 heavy (non-hydrogen) atoms. The van der Waals surface area contributed by atoms with Crippen molar-refractivity contribution in [1.82, 2.24) is 10.3 Å². The Hall–Kier alpha value is -2.74. The lowest BCUT2D eigenvalue weighted by Gasteiger charge is -2.24. The molecule has 1 aromatic heterocycles. The summed E-state index contributed by atoms with van der Waals surface area (Å²) in [6.45, 7) is 1.74. The van der Waals surface area contributed by atoms with Crippen LogP contribution in [0.2, 0.25) is 0 Å². The van der Waals surface area contributed by atoms with Crippen molar-refractivity contribution in [2.24, 2.45) is 5.73 Å². The summed E-state index contributed by atoms with van der Waals surface area (Å²) < 4.78 is 23.4. The molecule has 7 nitrogen and oxygen atoms in total. The van der Waals surface area contributed by atoms with E-state index in [1.54, 1.807) is 43.5 Å². The van der Waals surface area contributed by atoms with Crippen molar-refractivity contribution in [3.05, 3.63) is 53.9 Å². The molecule has 2 aromatic rings. The van der Waals surface area contributed by atoms with E-state index in [1.807, 2.05) is 0 Å². The van der Waals surface area contributed by atoms with Crippen LogP contribution < -0.4 is 11.1 Å². The number of hydrogen-bond donors (Lipinski definition) is 2. The fraction of sp³-hybridized carbons (Fsp3) is 0.278. The Kier molecular flexibility index (Phi) is 4.53. The highest BCUT2D eigenvalue weighted by atomic mass is 32.2. The van der Waals surface area contributed by atoms with E-state index in [-0.39, 0.29) is 23.0 Å². The maximum Gasteiger partial charge on any atom is 0.251 e. The van der Waals surface area contributed by atoms with Crippen molar-refractivity contribution in [2.45, 2.75) is 18.9 Å². The van der Waals surface area contributed by atoms with Crippen molar-refractivity contribution in [1.29, 1.82) is 0 Å². The Morgan fingerprint density at radius 3 is 2.54 bits per heavy atom. The quantitative estimate of drug-likeness (QED) is 0.833. The van der Waals surface area contributed by atoms with Crippen LogP contribution in [0.1, 0.15) is 34.1 Å². The Morgan fingerprint density at radius 1 is 1.15 bits per heavy atom. The van der Waals surface area contributed by atoms with Gasteiger partial charge in [-0.1, -0.05) is 12.1 Å². The van der Waals surface area contributed by atoms with Gasteiger partial charge in [-0.25, -0.2) is 8.42 Å². The average Bonchev–Trinajstić information content (AvgIpc) is 2.88. The normalized spacial score (nSPS) is 21.3. The fourth-order valence-corrected chi connectivity index (χ4v) is 5.12. The maximum absolute atomic E-state index is 12.6. The fourth-order valence-electron chi connectivity index (χ4n) is 3.03. The van der Waals surface area contributed by atoms with Gasteiger partial charge in [0, 0.05) is 23.5 Å². The van der Waals surface area contributed by atoms with Gasteiger partial charge in [0.05, 0.1) is 22.6 Å². The van der Waals surface area contributed by atoms with Gasteiger partial charge in [-0.2, -0.15) is 0 Å². The van der Waals surface area contributed by atoms with Crippen LogP contribution in [0.5, 0.6) is 0 Å². The molecule has 0 spiro atoms. The first-order valence-electron chi connectivity index (χ1n) is 8.06. The summed E-state index contributed by atoms with van der Waals surface area (Å²) in [6, 6.07) is 8.44. The van der Waals surface area contributed by atoms with Gasteiger partial charge in [0.1, 0.15) is 0 Å². The third-order valence-electron chi connectivity index (χ3n) is 4.40. The number of amides is 2. The molecule has 1 aromatic carbocycles. The zero-order chi connectivity index (χ0) is 18.9. The zero-order valence-corrected chi connectivity index (χ0v) is 15.0. The SMILES string of the molecule is C[C@]1(NC(=O)c2cccc(-c3cncc(C(N)=O)c3)c2)CCS(=O)(=O)C1. The predicted molar refractivity (Wildman–Crippen MR) is 97.3 cm³/mol. The Morgan fingerprint density at radius 2 is 1.88 bits per heavy atom. The van der Waals surface area contributed by atoms with Crippen molar-refractivity contribution in [2.75, 3.05) is 11.5 Å². The number of carbonyl (C=O) groups excluding carboxylic acids is 2. The lowest BCUT2D eigenvalue weighted by molar-refractivity contribution is 0.0914. The highest BCUT2D eigenvalue weighted by molar-refractivity contribution is 7.91. The summed E-state index contributed by atoms with van der Waals surface area (Å²) in [4.78, 5) is 27.9. The minimum Gasteiger partial charge on any atom is -0.366 e.